The van der Waals surface area contributed by atoms with Crippen LogP contribution in [0.15, 0.2) is 0 Å². The van der Waals surface area contributed by atoms with Crippen molar-refractivity contribution in [3.8, 4) is 0 Å². The summed E-state index contributed by atoms with van der Waals surface area (Å²) >= 11 is 0. The van der Waals surface area contributed by atoms with Crippen molar-refractivity contribution < 1.29 is 44.3 Å². The van der Waals surface area contributed by atoms with E-state index in [1.54, 1.807) is 0 Å². The van der Waals surface area contributed by atoms with Crippen LogP contribution in [0.2, 0.25) is 0 Å². The Morgan fingerprint density at radius 1 is 0.632 bits per heavy atom. The summed E-state index contributed by atoms with van der Waals surface area (Å²) in [7, 11) is 0. The molecule has 1 aliphatic rings. The van der Waals surface area contributed by atoms with Crippen LogP contribution in [0.4, 0.5) is 0 Å². The van der Waals surface area contributed by atoms with Gasteiger partial charge in [0, 0.05) is 25.8 Å². The fourth-order valence-electron chi connectivity index (χ4n) is 8.05. The Balaban J connectivity index is 2.92. The number of unbranched alkanes of at least 4 members (excludes halogenated alkanes) is 24. The molecule has 57 heavy (non-hydrogen) atoms. The van der Waals surface area contributed by atoms with Crippen molar-refractivity contribution in [3.05, 3.63) is 0 Å². The number of carbonyl (C=O) groups excluding carboxylic acids is 3. The van der Waals surface area contributed by atoms with Gasteiger partial charge in [-0.25, -0.2) is 0 Å². The number of nitrogens with one attached hydrogen (secondary N) is 1. The number of nitrogens with two attached hydrogens (primary N) is 1. The minimum absolute atomic E-state index is 0.000203. The molecule has 12 nitrogen and oxygen atoms in total. The number of ether oxygens (including phenoxy) is 1. The summed E-state index contributed by atoms with van der Waals surface area (Å²) in [6.45, 7) is 5.37. The predicted molar refractivity (Wildman–Crippen MR) is 226 cm³/mol. The van der Waals surface area contributed by atoms with Gasteiger partial charge in [-0.15, -0.1) is 0 Å². The van der Waals surface area contributed by atoms with E-state index in [4.69, 9.17) is 15.6 Å². The zero-order valence-electron chi connectivity index (χ0n) is 36.4. The fraction of sp³-hybridized carbons (Fsp3) is 0.911. The van der Waals surface area contributed by atoms with E-state index in [9.17, 15) is 34.5 Å². The standard InChI is InChI=1S/C45H85N3O9/c1-4-6-8-10-12-14-16-17-18-19-20-21-23-25-27-32-39(51)48(34-30-26-24-22-15-13-11-9-7-5-2)45(46)41(44(56)43(55)37(35-49)57-45)42(54)36(3)47-38(50)31-28-29-33-40(52)53/h36-37,41,43-44,49,55-56H,4-35,46H2,1-3H3,(H,47,50)(H,52,53)/t36-,37+,41+,43+,44+,45-/m0/s1. The highest BCUT2D eigenvalue weighted by atomic mass is 16.6. The molecular weight excluding hydrogens is 727 g/mol. The number of nitrogens with zero attached hydrogens (tertiary/aromatic N) is 1. The number of carboxylic acids is 1. The Hall–Kier alpha value is -2.12. The number of hydrogen-bond donors (Lipinski definition) is 6. The Kier molecular flexibility index (Phi) is 30.3. The molecule has 0 aromatic carbocycles. The minimum atomic E-state index is -2.19. The van der Waals surface area contributed by atoms with Crippen LogP contribution in [-0.4, -0.2) is 92.2 Å². The van der Waals surface area contributed by atoms with Crippen LogP contribution in [0.3, 0.4) is 0 Å². The number of carboxylic acid groups (broad SMARTS) is 1. The van der Waals surface area contributed by atoms with E-state index in [1.807, 2.05) is 0 Å². The number of amides is 2. The molecule has 0 bridgehead atoms. The second-order valence-electron chi connectivity index (χ2n) is 16.8. The van der Waals surface area contributed by atoms with Crippen LogP contribution in [0.25, 0.3) is 0 Å². The van der Waals surface area contributed by atoms with Crippen LogP contribution in [-0.2, 0) is 23.9 Å². The van der Waals surface area contributed by atoms with E-state index in [0.717, 1.165) is 44.9 Å². The summed E-state index contributed by atoms with van der Waals surface area (Å²) in [6, 6.07) is -1.16. The number of aliphatic carboxylic acids is 1. The van der Waals surface area contributed by atoms with Crippen LogP contribution < -0.4 is 11.1 Å². The van der Waals surface area contributed by atoms with Gasteiger partial charge in [-0.1, -0.05) is 162 Å². The SMILES string of the molecule is CCCCCCCCCCCCCCCCCC(=O)N(CCCCCCCCCCCC)[C@]1(N)O[C@H](CO)[C@@H](O)[C@H](O)[C@H]1C(=O)[C@H](C)NC(=O)CCCCC(=O)O. The Morgan fingerprint density at radius 3 is 1.47 bits per heavy atom. The molecule has 2 amide bonds. The Morgan fingerprint density at radius 2 is 1.04 bits per heavy atom. The summed E-state index contributed by atoms with van der Waals surface area (Å²) < 4.78 is 6.08. The first-order valence-electron chi connectivity index (χ1n) is 23.2. The summed E-state index contributed by atoms with van der Waals surface area (Å²) in [5.41, 5.74) is 6.95. The smallest absolute Gasteiger partial charge is 0.303 e. The molecule has 0 unspecified atom stereocenters. The minimum Gasteiger partial charge on any atom is -0.481 e. The lowest BCUT2D eigenvalue weighted by atomic mass is 9.80. The maximum Gasteiger partial charge on any atom is 0.303 e. The van der Waals surface area contributed by atoms with Gasteiger partial charge >= 0.3 is 5.97 Å². The predicted octanol–water partition coefficient (Wildman–Crippen LogP) is 8.06. The molecule has 0 spiro atoms. The largest absolute Gasteiger partial charge is 0.481 e. The van der Waals surface area contributed by atoms with Crippen LogP contribution in [0.5, 0.6) is 0 Å². The monoisotopic (exact) mass is 812 g/mol. The van der Waals surface area contributed by atoms with E-state index in [1.165, 1.54) is 115 Å². The van der Waals surface area contributed by atoms with Gasteiger partial charge in [0.1, 0.15) is 18.1 Å². The van der Waals surface area contributed by atoms with Crippen molar-refractivity contribution in [3.63, 3.8) is 0 Å². The van der Waals surface area contributed by atoms with Crippen LogP contribution >= 0.6 is 0 Å². The van der Waals surface area contributed by atoms with Gasteiger partial charge < -0.3 is 35.4 Å². The van der Waals surface area contributed by atoms with Gasteiger partial charge in [0.15, 0.2) is 5.78 Å². The first-order valence-corrected chi connectivity index (χ1v) is 23.2. The molecule has 0 aromatic heterocycles. The third kappa shape index (κ3) is 22.2. The molecule has 1 aliphatic heterocycles. The van der Waals surface area contributed by atoms with Gasteiger partial charge in [0.2, 0.25) is 17.7 Å². The Bertz CT molecular complexity index is 1080. The lowest BCUT2D eigenvalue weighted by Crippen LogP contribution is -2.76. The molecule has 12 heteroatoms. The zero-order valence-corrected chi connectivity index (χ0v) is 36.4. The van der Waals surface area contributed by atoms with Crippen molar-refractivity contribution >= 4 is 23.6 Å². The quantitative estimate of drug-likeness (QED) is 0.0263. The highest BCUT2D eigenvalue weighted by Crippen LogP contribution is 2.36. The average molecular weight is 812 g/mol. The maximum absolute atomic E-state index is 14.1. The number of ketones is 1. The van der Waals surface area contributed by atoms with Crippen molar-refractivity contribution in [2.75, 3.05) is 13.2 Å². The van der Waals surface area contributed by atoms with Crippen molar-refractivity contribution in [2.24, 2.45) is 11.7 Å². The van der Waals surface area contributed by atoms with E-state index < -0.39 is 60.4 Å². The highest BCUT2D eigenvalue weighted by molar-refractivity contribution is 5.92. The fourth-order valence-corrected chi connectivity index (χ4v) is 8.05. The number of aliphatic hydroxyl groups is 3. The second-order valence-corrected chi connectivity index (χ2v) is 16.8. The first-order chi connectivity index (χ1) is 27.4. The molecule has 334 valence electrons. The topological polar surface area (TPSA) is 200 Å². The molecule has 7 N–H and O–H groups in total. The van der Waals surface area contributed by atoms with Crippen LogP contribution in [0, 0.1) is 5.92 Å². The summed E-state index contributed by atoms with van der Waals surface area (Å²) in [5.74, 6) is -6.28. The van der Waals surface area contributed by atoms with Gasteiger partial charge in [-0.3, -0.25) is 24.9 Å². The number of Topliss-reactive ketones (excluding diaryl/α,β-unsaturated/α-hetero) is 1. The molecule has 0 radical (unpaired) electrons. The molecule has 0 aromatic rings. The lowest BCUT2D eigenvalue weighted by Gasteiger charge is -2.53. The highest BCUT2D eigenvalue weighted by Gasteiger charge is 2.59. The van der Waals surface area contributed by atoms with Crippen LogP contribution in [0.1, 0.15) is 213 Å². The van der Waals surface area contributed by atoms with Gasteiger partial charge in [-0.05, 0) is 32.6 Å². The summed E-state index contributed by atoms with van der Waals surface area (Å²) in [6.07, 6.45) is 24.7. The van der Waals surface area contributed by atoms with E-state index in [0.29, 0.717) is 25.7 Å². The van der Waals surface area contributed by atoms with E-state index in [2.05, 4.69) is 19.2 Å². The molecule has 1 rings (SSSR count). The number of hydrogen-bond acceptors (Lipinski definition) is 9. The average Bonchev–Trinajstić information content (AvgIpc) is 3.18. The number of carbonyl (C=O) groups is 4. The van der Waals surface area contributed by atoms with Crippen molar-refractivity contribution in [2.45, 2.75) is 244 Å². The third-order valence-corrected chi connectivity index (χ3v) is 11.6. The number of rotatable bonds is 37. The zero-order chi connectivity index (χ0) is 42.3. The molecule has 0 aliphatic carbocycles. The summed E-state index contributed by atoms with van der Waals surface area (Å²) in [5, 5.41) is 43.9. The van der Waals surface area contributed by atoms with Crippen molar-refractivity contribution in [1.82, 2.24) is 10.2 Å². The third-order valence-electron chi connectivity index (χ3n) is 11.6. The summed E-state index contributed by atoms with van der Waals surface area (Å²) in [4.78, 5) is 53.0. The normalized spacial score (nSPS) is 21.3. The Labute approximate surface area is 345 Å². The van der Waals surface area contributed by atoms with Gasteiger partial charge in [0.25, 0.3) is 0 Å². The molecule has 0 saturated carbocycles. The molecule has 1 heterocycles. The van der Waals surface area contributed by atoms with Gasteiger partial charge in [0.05, 0.1) is 18.8 Å². The molecular formula is C45H85N3O9. The second kappa shape index (κ2) is 32.7. The lowest BCUT2D eigenvalue weighted by molar-refractivity contribution is -0.291. The van der Waals surface area contributed by atoms with E-state index in [-0.39, 0.29) is 31.7 Å². The first kappa shape index (κ1) is 52.9. The number of aliphatic hydroxyl groups excluding tert-OH is 3. The molecule has 1 saturated heterocycles. The van der Waals surface area contributed by atoms with Gasteiger partial charge in [-0.2, -0.15) is 0 Å². The maximum atomic E-state index is 14.1. The molecule has 1 fully saturated rings. The van der Waals surface area contributed by atoms with E-state index >= 15 is 0 Å². The molecule has 6 atom stereocenters. The van der Waals surface area contributed by atoms with Crippen molar-refractivity contribution in [1.29, 1.82) is 0 Å².